The van der Waals surface area contributed by atoms with Crippen LogP contribution in [0.25, 0.3) is 0 Å². The highest BCUT2D eigenvalue weighted by Gasteiger charge is 2.04. The molecule has 0 amide bonds. The summed E-state index contributed by atoms with van der Waals surface area (Å²) in [5.74, 6) is 0.0733. The van der Waals surface area contributed by atoms with Crippen LogP contribution >= 0.6 is 0 Å². The molecule has 5 heteroatoms. The Kier molecular flexibility index (Phi) is 3.36. The van der Waals surface area contributed by atoms with Crippen molar-refractivity contribution in [3.63, 3.8) is 0 Å². The van der Waals surface area contributed by atoms with Crippen LogP contribution < -0.4 is 4.74 Å². The van der Waals surface area contributed by atoms with E-state index in [0.29, 0.717) is 4.90 Å². The molecule has 0 N–H and O–H groups in total. The highest BCUT2D eigenvalue weighted by atomic mass is 32.2. The van der Waals surface area contributed by atoms with Gasteiger partial charge in [0.1, 0.15) is 5.75 Å². The molecular weight excluding hydrogens is 198 g/mol. The van der Waals surface area contributed by atoms with E-state index in [1.165, 1.54) is 30.5 Å². The van der Waals surface area contributed by atoms with Crippen molar-refractivity contribution in [3.8, 4) is 5.75 Å². The highest BCUT2D eigenvalue weighted by molar-refractivity contribution is 7.84. The third-order valence-electron chi connectivity index (χ3n) is 1.38. The van der Waals surface area contributed by atoms with E-state index >= 15 is 0 Å². The second-order valence-electron chi connectivity index (χ2n) is 2.30. The molecule has 0 aromatic heterocycles. The zero-order valence-corrected chi connectivity index (χ0v) is 7.68. The topological polar surface area (TPSA) is 26.3 Å². The molecule has 0 aliphatic carbocycles. The van der Waals surface area contributed by atoms with Gasteiger partial charge in [0.25, 0.3) is 0 Å². The van der Waals surface area contributed by atoms with Crippen LogP contribution in [-0.4, -0.2) is 17.1 Å². The SMILES string of the molecule is CS(=O)c1ccc(OC(F)F)cc1. The summed E-state index contributed by atoms with van der Waals surface area (Å²) >= 11 is 0. The first-order chi connectivity index (χ1) is 6.09. The molecule has 0 spiro atoms. The Hall–Kier alpha value is -0.970. The van der Waals surface area contributed by atoms with Gasteiger partial charge in [-0.05, 0) is 24.3 Å². The van der Waals surface area contributed by atoms with Crippen molar-refractivity contribution in [2.45, 2.75) is 11.5 Å². The van der Waals surface area contributed by atoms with Gasteiger partial charge in [-0.3, -0.25) is 4.21 Å². The summed E-state index contributed by atoms with van der Waals surface area (Å²) in [6.45, 7) is -2.82. The van der Waals surface area contributed by atoms with Gasteiger partial charge in [-0.15, -0.1) is 0 Å². The summed E-state index contributed by atoms with van der Waals surface area (Å²) in [7, 11) is -1.09. The van der Waals surface area contributed by atoms with Crippen LogP contribution in [0.15, 0.2) is 29.2 Å². The molecule has 1 rings (SSSR count). The van der Waals surface area contributed by atoms with E-state index in [9.17, 15) is 13.0 Å². The van der Waals surface area contributed by atoms with E-state index in [1.807, 2.05) is 0 Å². The van der Waals surface area contributed by atoms with Crippen LogP contribution in [0.2, 0.25) is 0 Å². The Balaban J connectivity index is 2.75. The zero-order valence-electron chi connectivity index (χ0n) is 6.87. The largest absolute Gasteiger partial charge is 0.435 e. The lowest BCUT2D eigenvalue weighted by molar-refractivity contribution is -0.0498. The minimum Gasteiger partial charge on any atom is -0.435 e. The number of rotatable bonds is 3. The molecule has 0 bridgehead atoms. The molecule has 1 unspecified atom stereocenters. The molecule has 72 valence electrons. The highest BCUT2D eigenvalue weighted by Crippen LogP contribution is 2.16. The summed E-state index contributed by atoms with van der Waals surface area (Å²) in [5.41, 5.74) is 0. The third-order valence-corrected chi connectivity index (χ3v) is 2.32. The molecule has 0 saturated carbocycles. The maximum absolute atomic E-state index is 11.7. The summed E-state index contributed by atoms with van der Waals surface area (Å²) < 4.78 is 38.4. The lowest BCUT2D eigenvalue weighted by Crippen LogP contribution is -2.01. The fourth-order valence-corrected chi connectivity index (χ4v) is 1.33. The average Bonchev–Trinajstić information content (AvgIpc) is 2.04. The molecule has 0 radical (unpaired) electrons. The molecule has 0 aliphatic heterocycles. The minimum atomic E-state index is -2.82. The monoisotopic (exact) mass is 206 g/mol. The molecule has 2 nitrogen and oxygen atoms in total. The van der Waals surface area contributed by atoms with Gasteiger partial charge in [-0.2, -0.15) is 8.78 Å². The standard InChI is InChI=1S/C8H8F2O2S/c1-13(11)7-4-2-6(3-5-7)12-8(9)10/h2-5,8H,1H3. The van der Waals surface area contributed by atoms with Crippen LogP contribution in [0.3, 0.4) is 0 Å². The van der Waals surface area contributed by atoms with Crippen LogP contribution in [0.4, 0.5) is 8.78 Å². The van der Waals surface area contributed by atoms with Gasteiger partial charge in [0.15, 0.2) is 0 Å². The van der Waals surface area contributed by atoms with E-state index in [-0.39, 0.29) is 5.75 Å². The Morgan fingerprint density at radius 3 is 2.23 bits per heavy atom. The Labute approximate surface area is 77.0 Å². The van der Waals surface area contributed by atoms with Gasteiger partial charge in [0.2, 0.25) is 0 Å². The molecule has 0 fully saturated rings. The zero-order chi connectivity index (χ0) is 9.84. The normalized spacial score (nSPS) is 12.9. The van der Waals surface area contributed by atoms with Crippen molar-refractivity contribution < 1.29 is 17.7 Å². The first kappa shape index (κ1) is 10.1. The van der Waals surface area contributed by atoms with Gasteiger partial charge >= 0.3 is 6.61 Å². The van der Waals surface area contributed by atoms with Crippen molar-refractivity contribution in [3.05, 3.63) is 24.3 Å². The third kappa shape index (κ3) is 3.10. The molecule has 1 aromatic rings. The fraction of sp³-hybridized carbons (Fsp3) is 0.250. The van der Waals surface area contributed by atoms with E-state index in [1.54, 1.807) is 0 Å². The number of ether oxygens (including phenoxy) is 1. The molecule has 1 atom stereocenters. The van der Waals surface area contributed by atoms with Crippen molar-refractivity contribution in [2.75, 3.05) is 6.26 Å². The van der Waals surface area contributed by atoms with Crippen LogP contribution in [-0.2, 0) is 10.8 Å². The first-order valence-corrected chi connectivity index (χ1v) is 5.03. The van der Waals surface area contributed by atoms with Gasteiger partial charge < -0.3 is 4.74 Å². The average molecular weight is 206 g/mol. The number of benzene rings is 1. The summed E-state index contributed by atoms with van der Waals surface area (Å²) in [6, 6.07) is 5.72. The molecule has 0 saturated heterocycles. The lowest BCUT2D eigenvalue weighted by Gasteiger charge is -2.03. The van der Waals surface area contributed by atoms with Gasteiger partial charge in [-0.1, -0.05) is 0 Å². The first-order valence-electron chi connectivity index (χ1n) is 3.48. The maximum atomic E-state index is 11.7. The lowest BCUT2D eigenvalue weighted by atomic mass is 10.3. The second-order valence-corrected chi connectivity index (χ2v) is 3.68. The van der Waals surface area contributed by atoms with Crippen molar-refractivity contribution >= 4 is 10.8 Å². The molecule has 0 aliphatic rings. The minimum absolute atomic E-state index is 0.0733. The van der Waals surface area contributed by atoms with E-state index < -0.39 is 17.4 Å². The van der Waals surface area contributed by atoms with Crippen molar-refractivity contribution in [2.24, 2.45) is 0 Å². The number of alkyl halides is 2. The Morgan fingerprint density at radius 1 is 1.31 bits per heavy atom. The number of halogens is 2. The van der Waals surface area contributed by atoms with Crippen molar-refractivity contribution in [1.29, 1.82) is 0 Å². The predicted molar refractivity (Wildman–Crippen MR) is 45.4 cm³/mol. The van der Waals surface area contributed by atoms with Crippen LogP contribution in [0, 0.1) is 0 Å². The Morgan fingerprint density at radius 2 is 1.85 bits per heavy atom. The van der Waals surface area contributed by atoms with Gasteiger partial charge in [-0.25, -0.2) is 0 Å². The van der Waals surface area contributed by atoms with Crippen LogP contribution in [0.1, 0.15) is 0 Å². The van der Waals surface area contributed by atoms with Crippen molar-refractivity contribution in [1.82, 2.24) is 0 Å². The summed E-state index contributed by atoms with van der Waals surface area (Å²) in [4.78, 5) is 0.585. The van der Waals surface area contributed by atoms with E-state index in [0.717, 1.165) is 0 Å². The molecule has 13 heavy (non-hydrogen) atoms. The summed E-state index contributed by atoms with van der Waals surface area (Å²) in [6.07, 6.45) is 1.52. The van der Waals surface area contributed by atoms with Gasteiger partial charge in [0, 0.05) is 22.0 Å². The number of hydrogen-bond donors (Lipinski definition) is 0. The van der Waals surface area contributed by atoms with Gasteiger partial charge in [0.05, 0.1) is 0 Å². The smallest absolute Gasteiger partial charge is 0.387 e. The maximum Gasteiger partial charge on any atom is 0.387 e. The fourth-order valence-electron chi connectivity index (χ4n) is 0.813. The second kappa shape index (κ2) is 4.32. The van der Waals surface area contributed by atoms with E-state index in [2.05, 4.69) is 4.74 Å². The molecule has 1 aromatic carbocycles. The van der Waals surface area contributed by atoms with E-state index in [4.69, 9.17) is 0 Å². The molecule has 0 heterocycles. The summed E-state index contributed by atoms with van der Waals surface area (Å²) in [5, 5.41) is 0. The molecular formula is C8H8F2O2S. The number of hydrogen-bond acceptors (Lipinski definition) is 2. The quantitative estimate of drug-likeness (QED) is 0.756. The van der Waals surface area contributed by atoms with Crippen LogP contribution in [0.5, 0.6) is 5.75 Å². The predicted octanol–water partition coefficient (Wildman–Crippen LogP) is 2.03. The Bertz CT molecular complexity index is 298.